The Hall–Kier alpha value is -2.22. The van der Waals surface area contributed by atoms with Gasteiger partial charge in [-0.2, -0.15) is 4.31 Å². The maximum absolute atomic E-state index is 13.3. The molecule has 1 amide bonds. The summed E-state index contributed by atoms with van der Waals surface area (Å²) in [5.74, 6) is 0.00986. The lowest BCUT2D eigenvalue weighted by Crippen LogP contribution is -2.47. The van der Waals surface area contributed by atoms with Crippen molar-refractivity contribution in [1.82, 2.24) is 14.5 Å². The van der Waals surface area contributed by atoms with E-state index in [1.807, 2.05) is 48.2 Å². The van der Waals surface area contributed by atoms with Crippen molar-refractivity contribution in [3.63, 3.8) is 0 Å². The molecule has 1 aliphatic rings. The van der Waals surface area contributed by atoms with Gasteiger partial charge in [-0.25, -0.2) is 8.42 Å². The van der Waals surface area contributed by atoms with E-state index >= 15 is 0 Å². The molecule has 29 heavy (non-hydrogen) atoms. The number of nitrogens with one attached hydrogen (secondary N) is 1. The van der Waals surface area contributed by atoms with Crippen LogP contribution >= 0.6 is 0 Å². The molecule has 156 valence electrons. The van der Waals surface area contributed by atoms with Crippen molar-refractivity contribution in [2.45, 2.75) is 24.7 Å². The monoisotopic (exact) mass is 415 g/mol. The number of piperazine rings is 1. The van der Waals surface area contributed by atoms with Crippen molar-refractivity contribution in [3.8, 4) is 0 Å². The van der Waals surface area contributed by atoms with Crippen molar-refractivity contribution in [2.24, 2.45) is 0 Å². The number of aryl methyl sites for hydroxylation is 1. The molecule has 0 spiro atoms. The summed E-state index contributed by atoms with van der Waals surface area (Å²) in [4.78, 5) is 14.7. The van der Waals surface area contributed by atoms with Crippen LogP contribution in [0.4, 0.5) is 0 Å². The van der Waals surface area contributed by atoms with E-state index in [1.165, 1.54) is 4.31 Å². The highest BCUT2D eigenvalue weighted by Gasteiger charge is 2.26. The van der Waals surface area contributed by atoms with Gasteiger partial charge < -0.3 is 10.2 Å². The van der Waals surface area contributed by atoms with Crippen LogP contribution in [0.1, 0.15) is 17.5 Å². The van der Waals surface area contributed by atoms with Crippen LogP contribution in [0.15, 0.2) is 59.5 Å². The van der Waals surface area contributed by atoms with Crippen molar-refractivity contribution >= 4 is 15.9 Å². The first-order chi connectivity index (χ1) is 14.0. The molecule has 0 saturated carbocycles. The molecule has 7 heteroatoms. The predicted molar refractivity (Wildman–Crippen MR) is 114 cm³/mol. The van der Waals surface area contributed by atoms with Crippen LogP contribution in [0, 0.1) is 6.92 Å². The Morgan fingerprint density at radius 1 is 1.03 bits per heavy atom. The van der Waals surface area contributed by atoms with E-state index < -0.39 is 10.0 Å². The molecule has 1 saturated heterocycles. The minimum atomic E-state index is -3.67. The fraction of sp³-hybridized carbons (Fsp3) is 0.409. The van der Waals surface area contributed by atoms with E-state index in [4.69, 9.17) is 0 Å². The Kier molecular flexibility index (Phi) is 7.41. The summed E-state index contributed by atoms with van der Waals surface area (Å²) >= 11 is 0. The van der Waals surface area contributed by atoms with Gasteiger partial charge in [0.25, 0.3) is 0 Å². The highest BCUT2D eigenvalue weighted by Crippen LogP contribution is 2.18. The minimum absolute atomic E-state index is 0.00986. The smallest absolute Gasteiger partial charge is 0.243 e. The fourth-order valence-electron chi connectivity index (χ4n) is 3.47. The van der Waals surface area contributed by atoms with Gasteiger partial charge in [0.05, 0.1) is 4.90 Å². The summed E-state index contributed by atoms with van der Waals surface area (Å²) in [7, 11) is -3.67. The summed E-state index contributed by atoms with van der Waals surface area (Å²) in [6, 6.07) is 16.7. The van der Waals surface area contributed by atoms with Crippen LogP contribution in [0.5, 0.6) is 0 Å². The maximum Gasteiger partial charge on any atom is 0.243 e. The molecular weight excluding hydrogens is 386 g/mol. The second-order valence-corrected chi connectivity index (χ2v) is 9.27. The lowest BCUT2D eigenvalue weighted by molar-refractivity contribution is -0.131. The molecule has 0 unspecified atom stereocenters. The van der Waals surface area contributed by atoms with Crippen molar-refractivity contribution in [2.75, 3.05) is 39.3 Å². The number of nitrogens with zero attached hydrogens (tertiary/aromatic N) is 2. The van der Waals surface area contributed by atoms with Crippen LogP contribution in [0.25, 0.3) is 0 Å². The van der Waals surface area contributed by atoms with Crippen LogP contribution in [0.3, 0.4) is 0 Å². The van der Waals surface area contributed by atoms with Gasteiger partial charge in [-0.1, -0.05) is 42.5 Å². The van der Waals surface area contributed by atoms with E-state index in [0.717, 1.165) is 24.2 Å². The zero-order chi connectivity index (χ0) is 20.7. The van der Waals surface area contributed by atoms with E-state index in [9.17, 15) is 13.2 Å². The zero-order valence-electron chi connectivity index (χ0n) is 16.9. The largest absolute Gasteiger partial charge is 0.340 e. The molecule has 0 radical (unpaired) electrons. The normalized spacial score (nSPS) is 14.9. The van der Waals surface area contributed by atoms with Gasteiger partial charge in [-0.15, -0.1) is 0 Å². The van der Waals surface area contributed by atoms with Crippen molar-refractivity contribution in [3.05, 3.63) is 65.7 Å². The molecule has 3 rings (SSSR count). The van der Waals surface area contributed by atoms with Gasteiger partial charge in [-0.3, -0.25) is 4.79 Å². The summed E-state index contributed by atoms with van der Waals surface area (Å²) in [5.41, 5.74) is 1.97. The average Bonchev–Trinajstić information content (AvgIpc) is 2.74. The molecule has 0 bridgehead atoms. The van der Waals surface area contributed by atoms with Crippen LogP contribution in [-0.2, 0) is 21.2 Å². The Labute approximate surface area is 173 Å². The van der Waals surface area contributed by atoms with Crippen LogP contribution in [0.2, 0.25) is 0 Å². The first-order valence-electron chi connectivity index (χ1n) is 10.1. The SMILES string of the molecule is Cc1cccc(S(=O)(=O)N(CCC(=O)N2CCNCC2)CCc2ccccc2)c1. The molecule has 1 fully saturated rings. The Bertz CT molecular complexity index is 910. The van der Waals surface area contributed by atoms with E-state index in [0.29, 0.717) is 26.1 Å². The Morgan fingerprint density at radius 3 is 2.45 bits per heavy atom. The van der Waals surface area contributed by atoms with Crippen LogP contribution in [-0.4, -0.2) is 62.8 Å². The standard InChI is InChI=1S/C22H29N3O3S/c1-19-6-5-9-21(18-19)29(27,28)25(14-10-20-7-3-2-4-8-20)15-11-22(26)24-16-12-23-13-17-24/h2-9,18,23H,10-17H2,1H3. The molecule has 0 atom stereocenters. The molecule has 6 nitrogen and oxygen atoms in total. The van der Waals surface area contributed by atoms with Gasteiger partial charge in [0.2, 0.25) is 15.9 Å². The molecule has 1 heterocycles. The third kappa shape index (κ3) is 5.88. The second kappa shape index (κ2) is 10.0. The number of carbonyl (C=O) groups excluding carboxylic acids is 1. The van der Waals surface area contributed by atoms with Crippen molar-refractivity contribution < 1.29 is 13.2 Å². The highest BCUT2D eigenvalue weighted by atomic mass is 32.2. The summed E-state index contributed by atoms with van der Waals surface area (Å²) in [6.07, 6.45) is 0.799. The molecule has 0 aliphatic carbocycles. The first-order valence-corrected chi connectivity index (χ1v) is 11.5. The zero-order valence-corrected chi connectivity index (χ0v) is 17.7. The maximum atomic E-state index is 13.3. The summed E-state index contributed by atoms with van der Waals surface area (Å²) in [5, 5.41) is 3.22. The molecule has 1 aliphatic heterocycles. The Morgan fingerprint density at radius 2 is 1.76 bits per heavy atom. The number of hydrogen-bond acceptors (Lipinski definition) is 4. The Balaban J connectivity index is 1.74. The van der Waals surface area contributed by atoms with Gasteiger partial charge >= 0.3 is 0 Å². The van der Waals surface area contributed by atoms with E-state index in [1.54, 1.807) is 18.2 Å². The van der Waals surface area contributed by atoms with Gasteiger partial charge in [0.15, 0.2) is 0 Å². The van der Waals surface area contributed by atoms with Gasteiger partial charge in [0, 0.05) is 45.7 Å². The molecule has 2 aromatic carbocycles. The fourth-order valence-corrected chi connectivity index (χ4v) is 5.01. The van der Waals surface area contributed by atoms with E-state index in [-0.39, 0.29) is 23.8 Å². The number of sulfonamides is 1. The quantitative estimate of drug-likeness (QED) is 0.716. The minimum Gasteiger partial charge on any atom is -0.340 e. The second-order valence-electron chi connectivity index (χ2n) is 7.34. The average molecular weight is 416 g/mol. The van der Waals surface area contributed by atoms with Gasteiger partial charge in [0.1, 0.15) is 0 Å². The number of amides is 1. The molecule has 1 N–H and O–H groups in total. The number of carbonyl (C=O) groups is 1. The number of benzene rings is 2. The molecule has 2 aromatic rings. The molecular formula is C22H29N3O3S. The third-order valence-electron chi connectivity index (χ3n) is 5.16. The third-order valence-corrected chi connectivity index (χ3v) is 7.06. The van der Waals surface area contributed by atoms with Crippen LogP contribution < -0.4 is 5.32 Å². The summed E-state index contributed by atoms with van der Waals surface area (Å²) in [6.45, 7) is 5.32. The predicted octanol–water partition coefficient (Wildman–Crippen LogP) is 2.05. The lowest BCUT2D eigenvalue weighted by atomic mass is 10.1. The lowest BCUT2D eigenvalue weighted by Gasteiger charge is -2.29. The first kappa shape index (κ1) is 21.5. The van der Waals surface area contributed by atoms with Gasteiger partial charge in [-0.05, 0) is 36.6 Å². The molecule has 0 aromatic heterocycles. The highest BCUT2D eigenvalue weighted by molar-refractivity contribution is 7.89. The summed E-state index contributed by atoms with van der Waals surface area (Å²) < 4.78 is 28.0. The topological polar surface area (TPSA) is 69.7 Å². The van der Waals surface area contributed by atoms with E-state index in [2.05, 4.69) is 5.32 Å². The number of rotatable bonds is 8. The number of hydrogen-bond donors (Lipinski definition) is 1. The van der Waals surface area contributed by atoms with Crippen molar-refractivity contribution in [1.29, 1.82) is 0 Å².